The molecule has 5 unspecified atom stereocenters. The first-order valence-corrected chi connectivity index (χ1v) is 18.0. The number of hydrogen-bond acceptors (Lipinski definition) is 16. The van der Waals surface area contributed by atoms with Crippen molar-refractivity contribution in [2.75, 3.05) is 34.3 Å². The van der Waals surface area contributed by atoms with E-state index in [1.807, 2.05) is 0 Å². The lowest BCUT2D eigenvalue weighted by molar-refractivity contribution is -0.125. The molecule has 0 aliphatic carbocycles. The maximum atomic E-state index is 13.2. The summed E-state index contributed by atoms with van der Waals surface area (Å²) >= 11 is 2.70. The van der Waals surface area contributed by atoms with Crippen molar-refractivity contribution in [3.8, 4) is 0 Å². The van der Waals surface area contributed by atoms with Crippen LogP contribution in [-0.4, -0.2) is 70.3 Å². The molecule has 6 amide bonds. The Kier molecular flexibility index (Phi) is 11.2. The zero-order valence-electron chi connectivity index (χ0n) is 27.4. The number of hydrogen-bond donors (Lipinski definition) is 8. The molecule has 0 saturated carbocycles. The van der Waals surface area contributed by atoms with Crippen LogP contribution in [0.25, 0.3) is 0 Å². The van der Waals surface area contributed by atoms with E-state index >= 15 is 0 Å². The molecule has 20 heteroatoms. The van der Waals surface area contributed by atoms with E-state index in [-0.39, 0.29) is 24.2 Å². The summed E-state index contributed by atoms with van der Waals surface area (Å²) in [5.41, 5.74) is 13.8. The third-order valence-corrected chi connectivity index (χ3v) is 11.0. The maximum absolute atomic E-state index is 13.2. The number of carbonyl (C=O) groups excluding carboxylic acids is 6. The molecule has 51 heavy (non-hydrogen) atoms. The fourth-order valence-corrected chi connectivity index (χ4v) is 8.58. The molecule has 2 aromatic rings. The van der Waals surface area contributed by atoms with Crippen LogP contribution in [-0.2, 0) is 28.9 Å². The number of carbonyl (C=O) groups is 6. The van der Waals surface area contributed by atoms with Crippen LogP contribution in [0, 0.1) is 11.8 Å². The number of alkyl carbamates (subject to hydrolysis) is 2. The van der Waals surface area contributed by atoms with Crippen molar-refractivity contribution >= 4 is 82.1 Å². The van der Waals surface area contributed by atoms with Gasteiger partial charge in [0.2, 0.25) is 11.8 Å². The van der Waals surface area contributed by atoms with E-state index in [0.717, 1.165) is 0 Å². The molecule has 18 nitrogen and oxygen atoms in total. The molecule has 4 aliphatic heterocycles. The van der Waals surface area contributed by atoms with Crippen molar-refractivity contribution < 1.29 is 48.1 Å². The lowest BCUT2D eigenvalue weighted by Crippen LogP contribution is -2.44. The SMILES string of the molecule is CC(C)OC(=O)NC(=O)C1CC(CCOC(=O)NC(=O)C2CCSC2NC(=O)c2ccc3c(c2)NON3)SC1NC(=O)c1ccc2c(c1)NON2. The quantitative estimate of drug-likeness (QED) is 0.175. The van der Waals surface area contributed by atoms with E-state index in [0.29, 0.717) is 52.5 Å². The van der Waals surface area contributed by atoms with Gasteiger partial charge in [-0.05, 0) is 75.3 Å². The third-order valence-electron chi connectivity index (χ3n) is 8.21. The number of thioether (sulfide) groups is 2. The summed E-state index contributed by atoms with van der Waals surface area (Å²) < 4.78 is 10.3. The Morgan fingerprint density at radius 2 is 1.35 bits per heavy atom. The van der Waals surface area contributed by atoms with Crippen molar-refractivity contribution in [2.45, 2.75) is 55.2 Å². The molecular formula is C31H36N8O10S2. The fourth-order valence-electron chi connectivity index (χ4n) is 5.69. The number of amides is 6. The molecule has 6 rings (SSSR count). The van der Waals surface area contributed by atoms with E-state index in [2.05, 4.69) is 43.2 Å². The second-order valence-corrected chi connectivity index (χ2v) is 14.8. The van der Waals surface area contributed by atoms with Crippen LogP contribution in [0.1, 0.15) is 53.8 Å². The van der Waals surface area contributed by atoms with Gasteiger partial charge in [0, 0.05) is 16.4 Å². The predicted octanol–water partition coefficient (Wildman–Crippen LogP) is 3.05. The van der Waals surface area contributed by atoms with Gasteiger partial charge < -0.3 is 20.1 Å². The van der Waals surface area contributed by atoms with Crippen LogP contribution in [0.5, 0.6) is 0 Å². The van der Waals surface area contributed by atoms with Gasteiger partial charge in [-0.2, -0.15) is 9.88 Å². The first-order chi connectivity index (χ1) is 24.5. The highest BCUT2D eigenvalue weighted by Crippen LogP contribution is 2.39. The normalized spacial score (nSPS) is 22.6. The summed E-state index contributed by atoms with van der Waals surface area (Å²) in [4.78, 5) is 86.8. The minimum Gasteiger partial charge on any atom is -0.449 e. The zero-order chi connectivity index (χ0) is 36.1. The van der Waals surface area contributed by atoms with Crippen molar-refractivity contribution in [2.24, 2.45) is 11.8 Å². The molecule has 0 bridgehead atoms. The second kappa shape index (κ2) is 16.0. The first kappa shape index (κ1) is 35.9. The summed E-state index contributed by atoms with van der Waals surface area (Å²) in [6.07, 6.45) is -1.29. The molecule has 0 spiro atoms. The number of nitrogens with one attached hydrogen (secondary N) is 8. The summed E-state index contributed by atoms with van der Waals surface area (Å²) in [5.74, 6) is -2.87. The lowest BCUT2D eigenvalue weighted by Gasteiger charge is -2.20. The topological polar surface area (TPSA) is 236 Å². The van der Waals surface area contributed by atoms with Crippen molar-refractivity contribution in [1.29, 1.82) is 0 Å². The monoisotopic (exact) mass is 744 g/mol. The van der Waals surface area contributed by atoms with Gasteiger partial charge in [-0.15, -0.1) is 23.5 Å². The molecule has 272 valence electrons. The molecule has 4 heterocycles. The smallest absolute Gasteiger partial charge is 0.414 e. The summed E-state index contributed by atoms with van der Waals surface area (Å²) in [6, 6.07) is 9.77. The van der Waals surface area contributed by atoms with Gasteiger partial charge >= 0.3 is 12.2 Å². The van der Waals surface area contributed by atoms with Crippen molar-refractivity contribution in [3.63, 3.8) is 0 Å². The Morgan fingerprint density at radius 3 is 1.98 bits per heavy atom. The molecule has 5 atom stereocenters. The van der Waals surface area contributed by atoms with Crippen molar-refractivity contribution in [3.05, 3.63) is 47.5 Å². The Balaban J connectivity index is 0.994. The number of imide groups is 2. The van der Waals surface area contributed by atoms with E-state index in [9.17, 15) is 28.8 Å². The van der Waals surface area contributed by atoms with Crippen LogP contribution >= 0.6 is 23.5 Å². The number of ether oxygens (including phenoxy) is 2. The second-order valence-electron chi connectivity index (χ2n) is 12.1. The summed E-state index contributed by atoms with van der Waals surface area (Å²) in [6.45, 7) is 3.21. The van der Waals surface area contributed by atoms with Crippen LogP contribution in [0.3, 0.4) is 0 Å². The largest absolute Gasteiger partial charge is 0.449 e. The number of anilines is 4. The number of rotatable bonds is 10. The fraction of sp³-hybridized carbons (Fsp3) is 0.419. The van der Waals surface area contributed by atoms with Gasteiger partial charge in [-0.25, -0.2) is 31.5 Å². The average molecular weight is 745 g/mol. The molecular weight excluding hydrogens is 709 g/mol. The van der Waals surface area contributed by atoms with Gasteiger partial charge in [-0.3, -0.25) is 29.8 Å². The van der Waals surface area contributed by atoms with Crippen molar-refractivity contribution in [1.82, 2.24) is 21.3 Å². The Morgan fingerprint density at radius 1 is 0.784 bits per heavy atom. The van der Waals surface area contributed by atoms with Gasteiger partial charge in [0.25, 0.3) is 11.8 Å². The van der Waals surface area contributed by atoms with Gasteiger partial charge in [-0.1, -0.05) is 0 Å². The van der Waals surface area contributed by atoms with Crippen LogP contribution < -0.4 is 43.2 Å². The van der Waals surface area contributed by atoms with E-state index < -0.39 is 58.6 Å². The lowest BCUT2D eigenvalue weighted by atomic mass is 10.0. The average Bonchev–Trinajstić information content (AvgIpc) is 3.90. The summed E-state index contributed by atoms with van der Waals surface area (Å²) in [5, 5.41) is 8.71. The Hall–Kier alpha value is -4.92. The molecule has 2 fully saturated rings. The molecule has 8 N–H and O–H groups in total. The maximum Gasteiger partial charge on any atom is 0.414 e. The van der Waals surface area contributed by atoms with Gasteiger partial charge in [0.15, 0.2) is 0 Å². The minimum atomic E-state index is -0.943. The Labute approximate surface area is 299 Å². The number of fused-ring (bicyclic) bond motifs is 2. The molecule has 4 aliphatic rings. The first-order valence-electron chi connectivity index (χ1n) is 16.1. The highest BCUT2D eigenvalue weighted by atomic mass is 32.2. The highest BCUT2D eigenvalue weighted by Gasteiger charge is 2.41. The molecule has 0 radical (unpaired) electrons. The van der Waals surface area contributed by atoms with E-state index in [4.69, 9.17) is 19.4 Å². The zero-order valence-corrected chi connectivity index (χ0v) is 29.0. The van der Waals surface area contributed by atoms with Gasteiger partial charge in [0.05, 0.1) is 58.0 Å². The third kappa shape index (κ3) is 8.88. The van der Waals surface area contributed by atoms with Crippen LogP contribution in [0.15, 0.2) is 36.4 Å². The molecule has 2 saturated heterocycles. The van der Waals surface area contributed by atoms with Gasteiger partial charge in [0.1, 0.15) is 0 Å². The summed E-state index contributed by atoms with van der Waals surface area (Å²) in [7, 11) is 0. The minimum absolute atomic E-state index is 0.0881. The van der Waals surface area contributed by atoms with E-state index in [1.165, 1.54) is 23.5 Å². The van der Waals surface area contributed by atoms with Crippen LogP contribution in [0.4, 0.5) is 32.3 Å². The standard InChI is InChI=1S/C31H36N8O10S2/c1-14(2)47-31(45)35-27(43)19-13-17(51-29(19)33-25(41)16-4-6-21-23(12-16)39-49-37-21)7-9-46-30(44)34-26(42)18-8-10-50-28(18)32-24(40)15-3-5-20-22(11-15)38-48-36-20/h3-6,11-12,14,17-19,28-29,36-39H,7-10,13H2,1-2H3,(H,32,40)(H,33,41)(H,34,42,44)(H,35,43,45). The molecule has 0 aromatic heterocycles. The predicted molar refractivity (Wildman–Crippen MR) is 186 cm³/mol. The number of benzene rings is 2. The highest BCUT2D eigenvalue weighted by molar-refractivity contribution is 8.00. The molecule has 2 aromatic carbocycles. The Bertz CT molecular complexity index is 1710. The van der Waals surface area contributed by atoms with Crippen LogP contribution in [0.2, 0.25) is 0 Å². The van der Waals surface area contributed by atoms with E-state index in [1.54, 1.807) is 50.2 Å².